The molecule has 0 bridgehead atoms. The van der Waals surface area contributed by atoms with Crippen LogP contribution in [0.1, 0.15) is 10.4 Å². The van der Waals surface area contributed by atoms with Crippen molar-refractivity contribution in [2.24, 2.45) is 0 Å². The van der Waals surface area contributed by atoms with E-state index in [4.69, 9.17) is 4.74 Å². The van der Waals surface area contributed by atoms with E-state index < -0.39 is 10.0 Å². The standard InChI is InChI=1S/C19H23N3O4S/c1-26-18-8-3-5-15(13-18)19(23)20-16-6-4-7-17(14-16)21-9-11-22(12-10-21)27(2,24)25/h3-8,13-14H,9-12H2,1-2H3,(H,20,23). The third-order valence-corrected chi connectivity index (χ3v) is 5.81. The molecular formula is C19H23N3O4S. The van der Waals surface area contributed by atoms with Crippen molar-refractivity contribution in [1.29, 1.82) is 0 Å². The van der Waals surface area contributed by atoms with Crippen molar-refractivity contribution in [1.82, 2.24) is 4.31 Å². The van der Waals surface area contributed by atoms with E-state index >= 15 is 0 Å². The second-order valence-corrected chi connectivity index (χ2v) is 8.37. The molecule has 0 radical (unpaired) electrons. The SMILES string of the molecule is COc1cccc(C(=O)Nc2cccc(N3CCN(S(C)(=O)=O)CC3)c2)c1. The van der Waals surface area contributed by atoms with Crippen molar-refractivity contribution in [2.75, 3.05) is 49.8 Å². The average Bonchev–Trinajstić information content (AvgIpc) is 2.67. The Balaban J connectivity index is 1.68. The van der Waals surface area contributed by atoms with Crippen LogP contribution in [0.25, 0.3) is 0 Å². The number of nitrogens with one attached hydrogen (secondary N) is 1. The molecule has 1 heterocycles. The van der Waals surface area contributed by atoms with Gasteiger partial charge in [-0.05, 0) is 36.4 Å². The van der Waals surface area contributed by atoms with E-state index in [9.17, 15) is 13.2 Å². The van der Waals surface area contributed by atoms with Crippen LogP contribution in [0, 0.1) is 0 Å². The summed E-state index contributed by atoms with van der Waals surface area (Å²) in [7, 11) is -1.59. The van der Waals surface area contributed by atoms with Gasteiger partial charge in [-0.1, -0.05) is 12.1 Å². The largest absolute Gasteiger partial charge is 0.497 e. The first-order valence-electron chi connectivity index (χ1n) is 8.62. The summed E-state index contributed by atoms with van der Waals surface area (Å²) in [5, 5.41) is 2.89. The average molecular weight is 389 g/mol. The highest BCUT2D eigenvalue weighted by molar-refractivity contribution is 7.88. The highest BCUT2D eigenvalue weighted by Gasteiger charge is 2.23. The molecule has 1 amide bonds. The van der Waals surface area contributed by atoms with Crippen LogP contribution in [0.2, 0.25) is 0 Å². The summed E-state index contributed by atoms with van der Waals surface area (Å²) in [6, 6.07) is 14.5. The highest BCUT2D eigenvalue weighted by atomic mass is 32.2. The molecule has 1 N–H and O–H groups in total. The zero-order chi connectivity index (χ0) is 19.4. The lowest BCUT2D eigenvalue weighted by Crippen LogP contribution is -2.48. The van der Waals surface area contributed by atoms with Crippen LogP contribution >= 0.6 is 0 Å². The van der Waals surface area contributed by atoms with Crippen LogP contribution in [0.3, 0.4) is 0 Å². The molecule has 0 saturated carbocycles. The van der Waals surface area contributed by atoms with Gasteiger partial charge in [-0.3, -0.25) is 4.79 Å². The number of benzene rings is 2. The molecule has 144 valence electrons. The van der Waals surface area contributed by atoms with Crippen LogP contribution in [0.15, 0.2) is 48.5 Å². The van der Waals surface area contributed by atoms with E-state index in [1.54, 1.807) is 31.4 Å². The predicted octanol–water partition coefficient (Wildman–Crippen LogP) is 2.03. The van der Waals surface area contributed by atoms with Gasteiger partial charge in [0.05, 0.1) is 13.4 Å². The first-order valence-corrected chi connectivity index (χ1v) is 10.5. The lowest BCUT2D eigenvalue weighted by Gasteiger charge is -2.34. The number of hydrogen-bond donors (Lipinski definition) is 1. The lowest BCUT2D eigenvalue weighted by molar-refractivity contribution is 0.102. The van der Waals surface area contributed by atoms with Crippen molar-refractivity contribution in [3.05, 3.63) is 54.1 Å². The van der Waals surface area contributed by atoms with E-state index in [0.717, 1.165) is 5.69 Å². The summed E-state index contributed by atoms with van der Waals surface area (Å²) < 4.78 is 29.9. The van der Waals surface area contributed by atoms with E-state index in [2.05, 4.69) is 10.2 Å². The molecule has 7 nitrogen and oxygen atoms in total. The summed E-state index contributed by atoms with van der Waals surface area (Å²) in [5.41, 5.74) is 2.15. The molecule has 1 saturated heterocycles. The zero-order valence-corrected chi connectivity index (χ0v) is 16.2. The summed E-state index contributed by atoms with van der Waals surface area (Å²) in [4.78, 5) is 14.6. The van der Waals surface area contributed by atoms with Crippen LogP contribution < -0.4 is 15.0 Å². The Morgan fingerprint density at radius 3 is 2.41 bits per heavy atom. The second kappa shape index (κ2) is 7.98. The molecule has 1 aliphatic rings. The van der Waals surface area contributed by atoms with Crippen molar-refractivity contribution in [3.8, 4) is 5.75 Å². The number of amides is 1. The molecule has 2 aromatic carbocycles. The Morgan fingerprint density at radius 1 is 1.04 bits per heavy atom. The number of ether oxygens (including phenoxy) is 1. The van der Waals surface area contributed by atoms with Gasteiger partial charge in [-0.15, -0.1) is 0 Å². The number of rotatable bonds is 5. The number of nitrogens with zero attached hydrogens (tertiary/aromatic N) is 2. The van der Waals surface area contributed by atoms with Gasteiger partial charge in [-0.25, -0.2) is 8.42 Å². The first-order chi connectivity index (χ1) is 12.9. The third-order valence-electron chi connectivity index (χ3n) is 4.51. The van der Waals surface area contributed by atoms with Gasteiger partial charge in [0.1, 0.15) is 5.75 Å². The van der Waals surface area contributed by atoms with Gasteiger partial charge in [0.25, 0.3) is 5.91 Å². The van der Waals surface area contributed by atoms with Crippen LogP contribution in [-0.2, 0) is 10.0 Å². The fourth-order valence-corrected chi connectivity index (χ4v) is 3.85. The number of anilines is 2. The minimum absolute atomic E-state index is 0.215. The molecule has 27 heavy (non-hydrogen) atoms. The number of methoxy groups -OCH3 is 1. The normalized spacial score (nSPS) is 15.4. The van der Waals surface area contributed by atoms with Gasteiger partial charge >= 0.3 is 0 Å². The Bertz CT molecular complexity index is 922. The zero-order valence-electron chi connectivity index (χ0n) is 15.4. The smallest absolute Gasteiger partial charge is 0.255 e. The topological polar surface area (TPSA) is 79.0 Å². The summed E-state index contributed by atoms with van der Waals surface area (Å²) in [5.74, 6) is 0.410. The molecule has 0 aliphatic carbocycles. The summed E-state index contributed by atoms with van der Waals surface area (Å²) in [6.45, 7) is 2.14. The molecule has 0 spiro atoms. The highest BCUT2D eigenvalue weighted by Crippen LogP contribution is 2.22. The molecule has 0 aromatic heterocycles. The molecule has 3 rings (SSSR count). The van der Waals surface area contributed by atoms with E-state index in [0.29, 0.717) is 43.2 Å². The van der Waals surface area contributed by atoms with Gasteiger partial charge in [-0.2, -0.15) is 4.31 Å². The maximum absolute atomic E-state index is 12.5. The molecule has 0 atom stereocenters. The minimum atomic E-state index is -3.15. The van der Waals surface area contributed by atoms with Gasteiger partial charge < -0.3 is 15.0 Å². The Hall–Kier alpha value is -2.58. The number of hydrogen-bond acceptors (Lipinski definition) is 5. The Kier molecular flexibility index (Phi) is 5.67. The van der Waals surface area contributed by atoms with E-state index in [1.807, 2.05) is 24.3 Å². The molecule has 0 unspecified atom stereocenters. The maximum atomic E-state index is 12.5. The Morgan fingerprint density at radius 2 is 1.74 bits per heavy atom. The van der Waals surface area contributed by atoms with Crippen LogP contribution in [0.4, 0.5) is 11.4 Å². The third kappa shape index (κ3) is 4.78. The van der Waals surface area contributed by atoms with Crippen molar-refractivity contribution < 1.29 is 17.9 Å². The van der Waals surface area contributed by atoms with Crippen LogP contribution in [0.5, 0.6) is 5.75 Å². The molecule has 8 heteroatoms. The minimum Gasteiger partial charge on any atom is -0.497 e. The number of sulfonamides is 1. The van der Waals surface area contributed by atoms with Crippen molar-refractivity contribution in [2.45, 2.75) is 0 Å². The van der Waals surface area contributed by atoms with Gasteiger partial charge in [0, 0.05) is 43.1 Å². The molecule has 1 aliphatic heterocycles. The molecule has 2 aromatic rings. The van der Waals surface area contributed by atoms with Crippen molar-refractivity contribution >= 4 is 27.3 Å². The fraction of sp³-hybridized carbons (Fsp3) is 0.316. The quantitative estimate of drug-likeness (QED) is 0.847. The first kappa shape index (κ1) is 19.2. The monoisotopic (exact) mass is 389 g/mol. The second-order valence-electron chi connectivity index (χ2n) is 6.39. The Labute approximate surface area is 159 Å². The number of carbonyl (C=O) groups excluding carboxylic acids is 1. The fourth-order valence-electron chi connectivity index (χ4n) is 3.03. The van der Waals surface area contributed by atoms with Gasteiger partial charge in [0.15, 0.2) is 0 Å². The summed E-state index contributed by atoms with van der Waals surface area (Å²) in [6.07, 6.45) is 1.23. The number of piperazine rings is 1. The molecule has 1 fully saturated rings. The summed E-state index contributed by atoms with van der Waals surface area (Å²) >= 11 is 0. The van der Waals surface area contributed by atoms with Crippen molar-refractivity contribution in [3.63, 3.8) is 0 Å². The van der Waals surface area contributed by atoms with Gasteiger partial charge in [0.2, 0.25) is 10.0 Å². The number of carbonyl (C=O) groups is 1. The lowest BCUT2D eigenvalue weighted by atomic mass is 10.2. The van der Waals surface area contributed by atoms with Crippen LogP contribution in [-0.4, -0.2) is 58.2 Å². The van der Waals surface area contributed by atoms with E-state index in [1.165, 1.54) is 10.6 Å². The van der Waals surface area contributed by atoms with E-state index in [-0.39, 0.29) is 5.91 Å². The predicted molar refractivity (Wildman–Crippen MR) is 106 cm³/mol. The molecular weight excluding hydrogens is 366 g/mol. The maximum Gasteiger partial charge on any atom is 0.255 e.